The monoisotopic (exact) mass is 314 g/mol. The number of likely N-dealkylation sites (tertiary alicyclic amines) is 1. The summed E-state index contributed by atoms with van der Waals surface area (Å²) < 4.78 is 0. The fraction of sp³-hybridized carbons (Fsp3) is 0.533. The highest BCUT2D eigenvalue weighted by molar-refractivity contribution is 5.89. The summed E-state index contributed by atoms with van der Waals surface area (Å²) in [5, 5.41) is 8.72. The maximum atomic E-state index is 12.1. The summed E-state index contributed by atoms with van der Waals surface area (Å²) in [6.07, 6.45) is 3.30. The van der Waals surface area contributed by atoms with Crippen molar-refractivity contribution in [2.75, 3.05) is 38.6 Å². The third-order valence-electron chi connectivity index (χ3n) is 4.33. The van der Waals surface area contributed by atoms with Crippen molar-refractivity contribution in [2.45, 2.75) is 12.5 Å². The second kappa shape index (κ2) is 5.83. The molecule has 8 nitrogen and oxygen atoms in total. The molecule has 23 heavy (non-hydrogen) atoms. The summed E-state index contributed by atoms with van der Waals surface area (Å²) in [4.78, 5) is 37.7. The molecule has 8 heteroatoms. The van der Waals surface area contributed by atoms with Gasteiger partial charge in [0.15, 0.2) is 5.69 Å². The number of carbonyl (C=O) groups is 2. The van der Waals surface area contributed by atoms with Crippen LogP contribution in [0.4, 0.5) is 5.82 Å². The number of rotatable bonds is 3. The Morgan fingerprint density at radius 3 is 2.61 bits per heavy atom. The van der Waals surface area contributed by atoms with Crippen molar-refractivity contribution in [3.8, 4) is 6.07 Å². The van der Waals surface area contributed by atoms with E-state index in [9.17, 15) is 9.59 Å². The summed E-state index contributed by atoms with van der Waals surface area (Å²) >= 11 is 0. The summed E-state index contributed by atoms with van der Waals surface area (Å²) in [6, 6.07) is 2.04. The van der Waals surface area contributed by atoms with Gasteiger partial charge in [-0.1, -0.05) is 0 Å². The van der Waals surface area contributed by atoms with Crippen molar-refractivity contribution in [1.82, 2.24) is 19.8 Å². The van der Waals surface area contributed by atoms with Crippen LogP contribution in [-0.2, 0) is 9.59 Å². The summed E-state index contributed by atoms with van der Waals surface area (Å²) in [6.45, 7) is 1.85. The van der Waals surface area contributed by atoms with E-state index in [0.29, 0.717) is 31.9 Å². The van der Waals surface area contributed by atoms with Crippen LogP contribution >= 0.6 is 0 Å². The molecule has 1 aromatic rings. The molecule has 0 aromatic carbocycles. The molecule has 0 N–H and O–H groups in total. The number of hydrogen-bond donors (Lipinski definition) is 0. The second-order valence-corrected chi connectivity index (χ2v) is 6.11. The molecule has 2 saturated heterocycles. The lowest BCUT2D eigenvalue weighted by Gasteiger charge is -2.44. The zero-order valence-electron chi connectivity index (χ0n) is 13.1. The number of anilines is 1. The summed E-state index contributed by atoms with van der Waals surface area (Å²) in [7, 11) is 3.42. The lowest BCUT2D eigenvalue weighted by Crippen LogP contribution is -2.60. The van der Waals surface area contributed by atoms with Crippen LogP contribution in [0.1, 0.15) is 12.1 Å². The topological polar surface area (TPSA) is 93.4 Å². The third-order valence-corrected chi connectivity index (χ3v) is 4.33. The van der Waals surface area contributed by atoms with Crippen LogP contribution in [0.5, 0.6) is 0 Å². The molecule has 2 aliphatic rings. The number of amides is 2. The van der Waals surface area contributed by atoms with E-state index in [1.165, 1.54) is 6.20 Å². The van der Waals surface area contributed by atoms with E-state index in [-0.39, 0.29) is 29.5 Å². The van der Waals surface area contributed by atoms with E-state index in [2.05, 4.69) is 9.97 Å². The molecule has 2 amide bonds. The Labute approximate surface area is 134 Å². The first kappa shape index (κ1) is 15.2. The molecule has 0 bridgehead atoms. The zero-order chi connectivity index (χ0) is 16.6. The molecule has 1 aromatic heterocycles. The highest BCUT2D eigenvalue weighted by atomic mass is 16.2. The Morgan fingerprint density at radius 1 is 1.30 bits per heavy atom. The first-order valence-electron chi connectivity index (χ1n) is 7.47. The van der Waals surface area contributed by atoms with Crippen molar-refractivity contribution in [3.05, 3.63) is 18.1 Å². The minimum atomic E-state index is -0.235. The van der Waals surface area contributed by atoms with Gasteiger partial charge in [0.25, 0.3) is 0 Å². The smallest absolute Gasteiger partial charge is 0.227 e. The number of nitriles is 1. The molecule has 0 saturated carbocycles. The molecule has 0 spiro atoms. The molecular formula is C15H18N6O2. The minimum Gasteiger partial charge on any atom is -0.351 e. The van der Waals surface area contributed by atoms with Gasteiger partial charge in [-0.25, -0.2) is 9.97 Å². The molecule has 2 aliphatic heterocycles. The average molecular weight is 314 g/mol. The Bertz CT molecular complexity index is 660. The van der Waals surface area contributed by atoms with E-state index in [1.807, 2.05) is 11.0 Å². The van der Waals surface area contributed by atoms with Crippen LogP contribution in [0, 0.1) is 17.2 Å². The Hall–Kier alpha value is -2.69. The van der Waals surface area contributed by atoms with E-state index in [1.54, 1.807) is 30.1 Å². The number of nitrogens with zero attached hydrogens (tertiary/aromatic N) is 6. The standard InChI is InChI=1S/C15H18N6O2/c1-19(2)15(23)10-3-14(22)21(7-10)12-8-20(9-12)13-6-17-11(4-16)5-18-13/h5-6,10,12H,3,7-9H2,1-2H3. The van der Waals surface area contributed by atoms with Crippen molar-refractivity contribution in [2.24, 2.45) is 5.92 Å². The maximum absolute atomic E-state index is 12.1. The van der Waals surface area contributed by atoms with E-state index >= 15 is 0 Å². The lowest BCUT2D eigenvalue weighted by atomic mass is 10.1. The fourth-order valence-electron chi connectivity index (χ4n) is 3.00. The van der Waals surface area contributed by atoms with Gasteiger partial charge in [-0.05, 0) is 0 Å². The van der Waals surface area contributed by atoms with E-state index in [0.717, 1.165) is 0 Å². The van der Waals surface area contributed by atoms with Crippen LogP contribution in [0.25, 0.3) is 0 Å². The van der Waals surface area contributed by atoms with Gasteiger partial charge in [0.1, 0.15) is 11.9 Å². The van der Waals surface area contributed by atoms with Gasteiger partial charge in [0, 0.05) is 40.2 Å². The molecule has 3 rings (SSSR count). The van der Waals surface area contributed by atoms with Crippen molar-refractivity contribution < 1.29 is 9.59 Å². The molecule has 1 atom stereocenters. The molecule has 3 heterocycles. The molecule has 120 valence electrons. The van der Waals surface area contributed by atoms with Crippen LogP contribution in [0.3, 0.4) is 0 Å². The van der Waals surface area contributed by atoms with E-state index in [4.69, 9.17) is 5.26 Å². The van der Waals surface area contributed by atoms with Gasteiger partial charge in [-0.15, -0.1) is 0 Å². The first-order chi connectivity index (χ1) is 11.0. The first-order valence-corrected chi connectivity index (χ1v) is 7.47. The van der Waals surface area contributed by atoms with Gasteiger partial charge in [-0.3, -0.25) is 9.59 Å². The zero-order valence-corrected chi connectivity index (χ0v) is 13.1. The third kappa shape index (κ3) is 2.82. The normalized spacial score (nSPS) is 21.1. The summed E-state index contributed by atoms with van der Waals surface area (Å²) in [5.41, 5.74) is 0.283. The molecule has 2 fully saturated rings. The maximum Gasteiger partial charge on any atom is 0.227 e. The van der Waals surface area contributed by atoms with E-state index < -0.39 is 0 Å². The van der Waals surface area contributed by atoms with Gasteiger partial charge < -0.3 is 14.7 Å². The van der Waals surface area contributed by atoms with Gasteiger partial charge >= 0.3 is 0 Å². The van der Waals surface area contributed by atoms with Crippen molar-refractivity contribution in [3.63, 3.8) is 0 Å². The molecule has 1 unspecified atom stereocenters. The van der Waals surface area contributed by atoms with Crippen LogP contribution in [0.15, 0.2) is 12.4 Å². The fourth-order valence-corrected chi connectivity index (χ4v) is 3.00. The minimum absolute atomic E-state index is 0.00925. The largest absolute Gasteiger partial charge is 0.351 e. The number of hydrogen-bond acceptors (Lipinski definition) is 6. The number of aromatic nitrogens is 2. The Balaban J connectivity index is 1.58. The molecule has 0 radical (unpaired) electrons. The van der Waals surface area contributed by atoms with Crippen LogP contribution in [0.2, 0.25) is 0 Å². The van der Waals surface area contributed by atoms with Crippen LogP contribution in [-0.4, -0.2) is 71.4 Å². The number of carbonyl (C=O) groups excluding carboxylic acids is 2. The van der Waals surface area contributed by atoms with Gasteiger partial charge in [0.2, 0.25) is 11.8 Å². The molecular weight excluding hydrogens is 296 g/mol. The average Bonchev–Trinajstić information content (AvgIpc) is 2.87. The van der Waals surface area contributed by atoms with Crippen molar-refractivity contribution in [1.29, 1.82) is 5.26 Å². The Kier molecular flexibility index (Phi) is 3.86. The Morgan fingerprint density at radius 2 is 2.04 bits per heavy atom. The SMILES string of the molecule is CN(C)C(=O)C1CC(=O)N(C2CN(c3cnc(C#N)cn3)C2)C1. The predicted molar refractivity (Wildman–Crippen MR) is 81.3 cm³/mol. The van der Waals surface area contributed by atoms with Crippen molar-refractivity contribution >= 4 is 17.6 Å². The quantitative estimate of drug-likeness (QED) is 0.745. The van der Waals surface area contributed by atoms with Crippen LogP contribution < -0.4 is 4.90 Å². The second-order valence-electron chi connectivity index (χ2n) is 6.11. The molecule has 0 aliphatic carbocycles. The highest BCUT2D eigenvalue weighted by Gasteiger charge is 2.42. The lowest BCUT2D eigenvalue weighted by molar-refractivity contribution is -0.133. The highest BCUT2D eigenvalue weighted by Crippen LogP contribution is 2.27. The van der Waals surface area contributed by atoms with Gasteiger partial charge in [-0.2, -0.15) is 5.26 Å². The predicted octanol–water partition coefficient (Wildman–Crippen LogP) is -0.526. The van der Waals surface area contributed by atoms with Gasteiger partial charge in [0.05, 0.1) is 24.4 Å². The summed E-state index contributed by atoms with van der Waals surface area (Å²) in [5.74, 6) is 0.518.